The zero-order chi connectivity index (χ0) is 21.8. The number of nitrogens with zero attached hydrogens (tertiary/aromatic N) is 1. The third-order valence-electron chi connectivity index (χ3n) is 5.28. The van der Waals surface area contributed by atoms with Gasteiger partial charge in [-0.05, 0) is 25.7 Å². The number of ether oxygens (including phenoxy) is 1. The molecule has 6 nitrogen and oxygen atoms in total. The number of aromatic amines is 1. The van der Waals surface area contributed by atoms with Gasteiger partial charge in [0, 0.05) is 22.3 Å². The van der Waals surface area contributed by atoms with E-state index in [0.717, 1.165) is 37.2 Å². The quantitative estimate of drug-likeness (QED) is 0.616. The minimum atomic E-state index is -0.428. The third kappa shape index (κ3) is 6.57. The van der Waals surface area contributed by atoms with Crippen LogP contribution in [0.1, 0.15) is 92.1 Å². The van der Waals surface area contributed by atoms with Crippen molar-refractivity contribution >= 4 is 11.8 Å². The van der Waals surface area contributed by atoms with Crippen LogP contribution >= 0.6 is 0 Å². The van der Waals surface area contributed by atoms with E-state index in [-0.39, 0.29) is 34.0 Å². The van der Waals surface area contributed by atoms with Gasteiger partial charge in [-0.2, -0.15) is 0 Å². The molecule has 1 N–H and O–H groups in total. The molecule has 0 aliphatic heterocycles. The molecule has 28 heavy (non-hydrogen) atoms. The zero-order valence-electron chi connectivity index (χ0n) is 18.7. The second-order valence-corrected chi connectivity index (χ2v) is 9.03. The maximum absolute atomic E-state index is 11.5. The summed E-state index contributed by atoms with van der Waals surface area (Å²) in [4.78, 5) is 40.8. The van der Waals surface area contributed by atoms with Crippen LogP contribution in [-0.4, -0.2) is 28.8 Å². The standard InChI is InChI=1S/C12H18N2O.C8H12O3.C2H6/c1-11(2,3)10-13-8(7-9(15)14-10)12(4)5-6-12;1-8(3-4-8)6(9)5-7(10)11-2;1-2/h7H,5-6H2,1-4H3,(H,13,14,15);3-5H2,1-2H3;1-2H3. The highest BCUT2D eigenvalue weighted by molar-refractivity contribution is 5.99. The maximum atomic E-state index is 11.5. The molecule has 1 heterocycles. The van der Waals surface area contributed by atoms with Gasteiger partial charge in [0.2, 0.25) is 0 Å². The highest BCUT2D eigenvalue weighted by Gasteiger charge is 2.45. The van der Waals surface area contributed by atoms with Crippen molar-refractivity contribution in [1.82, 2.24) is 9.97 Å². The number of methoxy groups -OCH3 is 1. The summed E-state index contributed by atoms with van der Waals surface area (Å²) in [6, 6.07) is 1.64. The predicted molar refractivity (Wildman–Crippen MR) is 110 cm³/mol. The molecular weight excluding hydrogens is 356 g/mol. The van der Waals surface area contributed by atoms with Gasteiger partial charge in [-0.25, -0.2) is 4.98 Å². The van der Waals surface area contributed by atoms with E-state index in [4.69, 9.17) is 0 Å². The first-order chi connectivity index (χ1) is 12.9. The van der Waals surface area contributed by atoms with Gasteiger partial charge >= 0.3 is 5.97 Å². The molecule has 158 valence electrons. The van der Waals surface area contributed by atoms with E-state index in [1.54, 1.807) is 6.07 Å². The van der Waals surface area contributed by atoms with Gasteiger partial charge in [0.25, 0.3) is 5.56 Å². The fraction of sp³-hybridized carbons (Fsp3) is 0.727. The summed E-state index contributed by atoms with van der Waals surface area (Å²) < 4.78 is 4.38. The van der Waals surface area contributed by atoms with Gasteiger partial charge in [-0.15, -0.1) is 0 Å². The molecule has 0 saturated heterocycles. The monoisotopic (exact) mass is 392 g/mol. The minimum absolute atomic E-state index is 0.0179. The van der Waals surface area contributed by atoms with Gasteiger partial charge < -0.3 is 9.72 Å². The number of rotatable bonds is 4. The van der Waals surface area contributed by atoms with E-state index >= 15 is 0 Å². The summed E-state index contributed by atoms with van der Waals surface area (Å²) in [5.74, 6) is 0.380. The molecule has 0 spiro atoms. The van der Waals surface area contributed by atoms with Gasteiger partial charge in [-0.3, -0.25) is 14.4 Å². The van der Waals surface area contributed by atoms with Crippen LogP contribution in [0.15, 0.2) is 10.9 Å². The molecule has 0 amide bonds. The van der Waals surface area contributed by atoms with Crippen LogP contribution in [0.25, 0.3) is 0 Å². The Morgan fingerprint density at radius 2 is 1.68 bits per heavy atom. The first-order valence-corrected chi connectivity index (χ1v) is 10.1. The van der Waals surface area contributed by atoms with Crippen molar-refractivity contribution < 1.29 is 14.3 Å². The molecular formula is C22H36N2O4. The Hall–Kier alpha value is -1.98. The van der Waals surface area contributed by atoms with Gasteiger partial charge in [0.1, 0.15) is 18.0 Å². The van der Waals surface area contributed by atoms with E-state index in [1.165, 1.54) is 7.11 Å². The van der Waals surface area contributed by atoms with Crippen molar-refractivity contribution in [3.63, 3.8) is 0 Å². The van der Waals surface area contributed by atoms with Crippen molar-refractivity contribution in [3.8, 4) is 0 Å². The van der Waals surface area contributed by atoms with Crippen LogP contribution in [0.4, 0.5) is 0 Å². The van der Waals surface area contributed by atoms with Gasteiger partial charge in [0.05, 0.1) is 12.8 Å². The number of carbonyl (C=O) groups is 2. The molecule has 2 fully saturated rings. The van der Waals surface area contributed by atoms with E-state index in [2.05, 4.69) is 42.4 Å². The molecule has 6 heteroatoms. The van der Waals surface area contributed by atoms with Crippen LogP contribution in [0, 0.1) is 5.41 Å². The second kappa shape index (κ2) is 9.01. The Morgan fingerprint density at radius 1 is 1.14 bits per heavy atom. The molecule has 2 saturated carbocycles. The summed E-state index contributed by atoms with van der Waals surface area (Å²) in [6.45, 7) is 14.2. The SMILES string of the molecule is CC.CC(C)(C)c1nc(C2(C)CC2)cc(=O)[nH]1.COC(=O)CC(=O)C1(C)CC1. The molecule has 2 aliphatic carbocycles. The van der Waals surface area contributed by atoms with E-state index in [0.29, 0.717) is 0 Å². The van der Waals surface area contributed by atoms with E-state index in [9.17, 15) is 14.4 Å². The average molecular weight is 393 g/mol. The largest absolute Gasteiger partial charge is 0.469 e. The lowest BCUT2D eigenvalue weighted by atomic mass is 9.95. The Bertz CT molecular complexity index is 724. The average Bonchev–Trinajstić information content (AvgIpc) is 3.55. The fourth-order valence-electron chi connectivity index (χ4n) is 2.45. The van der Waals surface area contributed by atoms with Crippen LogP contribution < -0.4 is 5.56 Å². The number of H-pyrrole nitrogens is 1. The number of nitrogens with one attached hydrogen (secondary N) is 1. The molecule has 2 aliphatic rings. The van der Waals surface area contributed by atoms with Gasteiger partial charge in [0.15, 0.2) is 0 Å². The summed E-state index contributed by atoms with van der Waals surface area (Å²) in [6.07, 6.45) is 4.07. The molecule has 1 aromatic heterocycles. The van der Waals surface area contributed by atoms with Crippen LogP contribution in [0.2, 0.25) is 0 Å². The smallest absolute Gasteiger partial charge is 0.313 e. The zero-order valence-corrected chi connectivity index (χ0v) is 18.7. The number of esters is 1. The van der Waals surface area contributed by atoms with Crippen LogP contribution in [0.3, 0.4) is 0 Å². The van der Waals surface area contributed by atoms with E-state index in [1.807, 2.05) is 20.8 Å². The minimum Gasteiger partial charge on any atom is -0.469 e. The summed E-state index contributed by atoms with van der Waals surface area (Å²) in [5.41, 5.74) is 0.789. The van der Waals surface area contributed by atoms with Crippen LogP contribution in [-0.2, 0) is 25.2 Å². The van der Waals surface area contributed by atoms with Crippen molar-refractivity contribution in [1.29, 1.82) is 0 Å². The number of hydrogen-bond acceptors (Lipinski definition) is 5. The van der Waals surface area contributed by atoms with Crippen molar-refractivity contribution in [2.24, 2.45) is 5.41 Å². The fourth-order valence-corrected chi connectivity index (χ4v) is 2.45. The number of aromatic nitrogens is 2. The number of Topliss-reactive ketones (excluding diaryl/α,β-unsaturated/α-hetero) is 1. The lowest BCUT2D eigenvalue weighted by Crippen LogP contribution is -2.24. The Labute approximate surface area is 168 Å². The highest BCUT2D eigenvalue weighted by Crippen LogP contribution is 2.47. The lowest BCUT2D eigenvalue weighted by molar-refractivity contribution is -0.144. The highest BCUT2D eigenvalue weighted by atomic mass is 16.5. The molecule has 0 radical (unpaired) electrons. The Morgan fingerprint density at radius 3 is 2.07 bits per heavy atom. The first kappa shape index (κ1) is 24.1. The van der Waals surface area contributed by atoms with Crippen molar-refractivity contribution in [2.75, 3.05) is 7.11 Å². The number of hydrogen-bond donors (Lipinski definition) is 1. The molecule has 0 bridgehead atoms. The molecule has 1 aromatic rings. The van der Waals surface area contributed by atoms with Gasteiger partial charge in [-0.1, -0.05) is 48.5 Å². The maximum Gasteiger partial charge on any atom is 0.313 e. The van der Waals surface area contributed by atoms with E-state index < -0.39 is 5.97 Å². The Balaban J connectivity index is 0.000000268. The number of carbonyl (C=O) groups excluding carboxylic acids is 2. The molecule has 0 unspecified atom stereocenters. The third-order valence-corrected chi connectivity index (χ3v) is 5.28. The predicted octanol–water partition coefficient (Wildman–Crippen LogP) is 4.06. The molecule has 0 aromatic carbocycles. The van der Waals surface area contributed by atoms with Crippen molar-refractivity contribution in [3.05, 3.63) is 27.9 Å². The Kier molecular flexibility index (Phi) is 7.74. The normalized spacial score (nSPS) is 17.9. The second-order valence-electron chi connectivity index (χ2n) is 9.03. The topological polar surface area (TPSA) is 89.1 Å². The summed E-state index contributed by atoms with van der Waals surface area (Å²) in [5, 5.41) is 0. The van der Waals surface area contributed by atoms with Crippen LogP contribution in [0.5, 0.6) is 0 Å². The number of ketones is 1. The molecule has 3 rings (SSSR count). The summed E-state index contributed by atoms with van der Waals surface area (Å²) >= 11 is 0. The van der Waals surface area contributed by atoms with Crippen molar-refractivity contribution in [2.45, 2.75) is 91.4 Å². The summed E-state index contributed by atoms with van der Waals surface area (Å²) in [7, 11) is 1.30. The first-order valence-electron chi connectivity index (χ1n) is 10.1. The lowest BCUT2D eigenvalue weighted by Gasteiger charge is -2.19. The molecule has 0 atom stereocenters.